The summed E-state index contributed by atoms with van der Waals surface area (Å²) in [7, 11) is 0. The van der Waals surface area contributed by atoms with E-state index in [2.05, 4.69) is 121 Å². The van der Waals surface area contributed by atoms with Gasteiger partial charge in [-0.15, -0.1) is 0 Å². The number of hydrogen-bond donors (Lipinski definition) is 2. The standard InChI is InChI=1S/C33H41N5/c1-23(2)21-37-18-16-33(17-19-37)22-38(29-12-8-6-10-25(29)33)30-13-9-7-11-27(30)35-31-34-26-15-14-24(32(3,4)5)20-28(26)36-31/h6-15,20,23H,16-19,21-22H2,1-5H3,(H2,34,35,36). The number of aromatic nitrogens is 2. The smallest absolute Gasteiger partial charge is 0.205 e. The Morgan fingerprint density at radius 3 is 2.39 bits per heavy atom. The van der Waals surface area contributed by atoms with Gasteiger partial charge in [-0.05, 0) is 78.7 Å². The summed E-state index contributed by atoms with van der Waals surface area (Å²) >= 11 is 0. The maximum atomic E-state index is 4.87. The second kappa shape index (κ2) is 9.46. The summed E-state index contributed by atoms with van der Waals surface area (Å²) in [5.41, 5.74) is 8.80. The van der Waals surface area contributed by atoms with Gasteiger partial charge in [0.05, 0.1) is 22.4 Å². The van der Waals surface area contributed by atoms with Gasteiger partial charge in [-0.3, -0.25) is 0 Å². The van der Waals surface area contributed by atoms with E-state index >= 15 is 0 Å². The van der Waals surface area contributed by atoms with Crippen molar-refractivity contribution in [1.82, 2.24) is 14.9 Å². The van der Waals surface area contributed by atoms with Crippen molar-refractivity contribution in [2.45, 2.75) is 58.3 Å². The number of H-pyrrole nitrogens is 1. The summed E-state index contributed by atoms with van der Waals surface area (Å²) in [5, 5.41) is 3.63. The number of piperidine rings is 1. The van der Waals surface area contributed by atoms with Crippen LogP contribution in [0.1, 0.15) is 58.6 Å². The third kappa shape index (κ3) is 4.58. The summed E-state index contributed by atoms with van der Waals surface area (Å²) < 4.78 is 0. The number of fused-ring (bicyclic) bond motifs is 3. The van der Waals surface area contributed by atoms with Crippen molar-refractivity contribution in [3.05, 3.63) is 77.9 Å². The molecule has 2 aliphatic rings. The number of rotatable bonds is 5. The molecule has 1 saturated heterocycles. The van der Waals surface area contributed by atoms with E-state index in [9.17, 15) is 0 Å². The van der Waals surface area contributed by atoms with E-state index in [1.54, 1.807) is 0 Å². The van der Waals surface area contributed by atoms with E-state index in [1.165, 1.54) is 55.0 Å². The summed E-state index contributed by atoms with van der Waals surface area (Å²) in [4.78, 5) is 13.6. The van der Waals surface area contributed by atoms with Gasteiger partial charge in [0, 0.05) is 24.2 Å². The van der Waals surface area contributed by atoms with Crippen molar-refractivity contribution < 1.29 is 0 Å². The molecule has 5 heteroatoms. The number of likely N-dealkylation sites (tertiary alicyclic amines) is 1. The van der Waals surface area contributed by atoms with Crippen LogP contribution in [-0.2, 0) is 10.8 Å². The number of anilines is 4. The number of para-hydroxylation sites is 3. The molecule has 38 heavy (non-hydrogen) atoms. The van der Waals surface area contributed by atoms with Gasteiger partial charge in [0.1, 0.15) is 0 Å². The van der Waals surface area contributed by atoms with Crippen LogP contribution < -0.4 is 10.2 Å². The topological polar surface area (TPSA) is 47.2 Å². The molecule has 4 aromatic rings. The van der Waals surface area contributed by atoms with Crippen LogP contribution in [0.15, 0.2) is 66.7 Å². The molecule has 0 atom stereocenters. The molecule has 0 aliphatic carbocycles. The quantitative estimate of drug-likeness (QED) is 0.290. The number of benzene rings is 3. The molecule has 6 rings (SSSR count). The molecule has 3 heterocycles. The van der Waals surface area contributed by atoms with Gasteiger partial charge in [-0.2, -0.15) is 0 Å². The molecular formula is C33H41N5. The van der Waals surface area contributed by atoms with Gasteiger partial charge >= 0.3 is 0 Å². The maximum absolute atomic E-state index is 4.87. The predicted molar refractivity (Wildman–Crippen MR) is 160 cm³/mol. The molecule has 2 N–H and O–H groups in total. The van der Waals surface area contributed by atoms with Gasteiger partial charge in [0.25, 0.3) is 0 Å². The second-order valence-electron chi connectivity index (χ2n) is 12.8. The van der Waals surface area contributed by atoms with Crippen molar-refractivity contribution in [3.8, 4) is 0 Å². The highest BCUT2D eigenvalue weighted by molar-refractivity contribution is 5.85. The van der Waals surface area contributed by atoms with Crippen LogP contribution in [0.4, 0.5) is 23.0 Å². The van der Waals surface area contributed by atoms with Crippen LogP contribution in [0.2, 0.25) is 0 Å². The fourth-order valence-corrected chi connectivity index (χ4v) is 6.43. The van der Waals surface area contributed by atoms with E-state index in [4.69, 9.17) is 4.98 Å². The Labute approximate surface area is 227 Å². The molecule has 198 valence electrons. The Kier molecular flexibility index (Phi) is 6.22. The number of nitrogens with one attached hydrogen (secondary N) is 2. The molecule has 1 fully saturated rings. The minimum Gasteiger partial charge on any atom is -0.339 e. The summed E-state index contributed by atoms with van der Waals surface area (Å²) in [5.74, 6) is 1.50. The number of aromatic amines is 1. The van der Waals surface area contributed by atoms with Crippen LogP contribution in [-0.4, -0.2) is 41.0 Å². The zero-order valence-electron chi connectivity index (χ0n) is 23.5. The maximum Gasteiger partial charge on any atom is 0.205 e. The average Bonchev–Trinajstić information content (AvgIpc) is 3.43. The Hall–Kier alpha value is -3.31. The Morgan fingerprint density at radius 1 is 0.947 bits per heavy atom. The van der Waals surface area contributed by atoms with E-state index < -0.39 is 0 Å². The first kappa shape index (κ1) is 25.0. The molecule has 0 bridgehead atoms. The summed E-state index contributed by atoms with van der Waals surface area (Å²) in [6.07, 6.45) is 2.42. The van der Waals surface area contributed by atoms with Gasteiger partial charge in [0.15, 0.2) is 0 Å². The van der Waals surface area contributed by atoms with Gasteiger partial charge < -0.3 is 20.1 Å². The first-order valence-corrected chi connectivity index (χ1v) is 14.2. The fraction of sp³-hybridized carbons (Fsp3) is 0.424. The summed E-state index contributed by atoms with van der Waals surface area (Å²) in [6, 6.07) is 24.3. The highest BCUT2D eigenvalue weighted by Crippen LogP contribution is 2.51. The minimum atomic E-state index is 0.101. The van der Waals surface area contributed by atoms with Crippen LogP contribution in [0.5, 0.6) is 0 Å². The first-order chi connectivity index (χ1) is 18.2. The van der Waals surface area contributed by atoms with Crippen LogP contribution in [0.3, 0.4) is 0 Å². The second-order valence-corrected chi connectivity index (χ2v) is 12.8. The number of hydrogen-bond acceptors (Lipinski definition) is 4. The average molecular weight is 508 g/mol. The molecule has 1 aromatic heterocycles. The lowest BCUT2D eigenvalue weighted by Gasteiger charge is -2.40. The van der Waals surface area contributed by atoms with E-state index in [0.717, 1.165) is 29.2 Å². The van der Waals surface area contributed by atoms with Crippen molar-refractivity contribution in [1.29, 1.82) is 0 Å². The van der Waals surface area contributed by atoms with Crippen LogP contribution >= 0.6 is 0 Å². The highest BCUT2D eigenvalue weighted by Gasteiger charge is 2.45. The molecular weight excluding hydrogens is 466 g/mol. The van der Waals surface area contributed by atoms with Crippen LogP contribution in [0, 0.1) is 5.92 Å². The van der Waals surface area contributed by atoms with Crippen molar-refractivity contribution >= 4 is 34.0 Å². The molecule has 1 spiro atoms. The lowest BCUT2D eigenvalue weighted by molar-refractivity contribution is 0.153. The molecule has 2 aliphatic heterocycles. The van der Waals surface area contributed by atoms with Gasteiger partial charge in [-0.25, -0.2) is 4.98 Å². The van der Waals surface area contributed by atoms with Crippen LogP contribution in [0.25, 0.3) is 11.0 Å². The molecule has 0 amide bonds. The Bertz CT molecular complexity index is 1440. The van der Waals surface area contributed by atoms with E-state index in [-0.39, 0.29) is 10.8 Å². The van der Waals surface area contributed by atoms with Crippen molar-refractivity contribution in [2.75, 3.05) is 36.4 Å². The zero-order chi connectivity index (χ0) is 26.5. The molecule has 5 nitrogen and oxygen atoms in total. The van der Waals surface area contributed by atoms with E-state index in [1.807, 2.05) is 0 Å². The Balaban J connectivity index is 1.30. The predicted octanol–water partition coefficient (Wildman–Crippen LogP) is 7.75. The molecule has 3 aromatic carbocycles. The fourth-order valence-electron chi connectivity index (χ4n) is 6.43. The SMILES string of the molecule is CC(C)CN1CCC2(CC1)CN(c1ccccc1Nc1nc3ccc(C(C)(C)C)cc3[nH]1)c1ccccc12. The highest BCUT2D eigenvalue weighted by atomic mass is 15.2. The number of imidazole rings is 1. The monoisotopic (exact) mass is 507 g/mol. The number of nitrogens with zero attached hydrogens (tertiary/aromatic N) is 3. The van der Waals surface area contributed by atoms with Gasteiger partial charge in [0.2, 0.25) is 5.95 Å². The zero-order valence-corrected chi connectivity index (χ0v) is 23.5. The van der Waals surface area contributed by atoms with Crippen molar-refractivity contribution in [3.63, 3.8) is 0 Å². The minimum absolute atomic E-state index is 0.101. The molecule has 0 unspecified atom stereocenters. The largest absolute Gasteiger partial charge is 0.339 e. The first-order valence-electron chi connectivity index (χ1n) is 14.2. The van der Waals surface area contributed by atoms with E-state index in [0.29, 0.717) is 5.92 Å². The van der Waals surface area contributed by atoms with Crippen molar-refractivity contribution in [2.24, 2.45) is 5.92 Å². The van der Waals surface area contributed by atoms with Gasteiger partial charge in [-0.1, -0.05) is 71.0 Å². The lowest BCUT2D eigenvalue weighted by atomic mass is 9.74. The summed E-state index contributed by atoms with van der Waals surface area (Å²) in [6.45, 7) is 16.0. The third-order valence-corrected chi connectivity index (χ3v) is 8.46. The lowest BCUT2D eigenvalue weighted by Crippen LogP contribution is -2.45. The third-order valence-electron chi connectivity index (χ3n) is 8.46. The molecule has 0 saturated carbocycles. The Morgan fingerprint density at radius 2 is 1.66 bits per heavy atom. The molecule has 0 radical (unpaired) electrons. The normalized spacial score (nSPS) is 17.5.